The van der Waals surface area contributed by atoms with Crippen molar-refractivity contribution in [2.24, 2.45) is 0 Å². The molecule has 3 heterocycles. The van der Waals surface area contributed by atoms with Gasteiger partial charge in [0.25, 0.3) is 0 Å². The number of carbonyl (C=O) groups is 1. The Bertz CT molecular complexity index is 1120. The first-order chi connectivity index (χ1) is 13.7. The maximum absolute atomic E-state index is 12.3. The van der Waals surface area contributed by atoms with Crippen LogP contribution in [0.1, 0.15) is 16.8 Å². The molecule has 0 unspecified atom stereocenters. The molecule has 0 aliphatic carbocycles. The third-order valence-electron chi connectivity index (χ3n) is 4.05. The summed E-state index contributed by atoms with van der Waals surface area (Å²) in [6.45, 7) is 4.10. The Morgan fingerprint density at radius 3 is 2.71 bits per heavy atom. The summed E-state index contributed by atoms with van der Waals surface area (Å²) in [6.07, 6.45) is 2.37. The summed E-state index contributed by atoms with van der Waals surface area (Å²) < 4.78 is 0. The Kier molecular flexibility index (Phi) is 5.65. The highest BCUT2D eigenvalue weighted by Gasteiger charge is 2.18. The Morgan fingerprint density at radius 1 is 1.14 bits per heavy atom. The van der Waals surface area contributed by atoms with Crippen LogP contribution in [0.2, 0.25) is 0 Å². The number of rotatable bonds is 6. The topological polar surface area (TPSA) is 80.7 Å². The van der Waals surface area contributed by atoms with Gasteiger partial charge in [0, 0.05) is 10.4 Å². The number of aromatic nitrogens is 4. The molecule has 4 rings (SSSR count). The van der Waals surface area contributed by atoms with Crippen LogP contribution in [0.5, 0.6) is 0 Å². The SMILES string of the molecule is CCc1nnc(NC(=O)CSc2ncnc3sc(C)c(-c4ccccc4)c23)s1. The van der Waals surface area contributed by atoms with Crippen LogP contribution < -0.4 is 5.32 Å². The molecule has 0 aliphatic rings. The number of nitrogens with one attached hydrogen (secondary N) is 1. The summed E-state index contributed by atoms with van der Waals surface area (Å²) in [5.74, 6) is 0.125. The predicted octanol–water partition coefficient (Wildman–Crippen LogP) is 4.81. The molecule has 6 nitrogen and oxygen atoms in total. The van der Waals surface area contributed by atoms with Gasteiger partial charge in [0.05, 0.1) is 11.1 Å². The number of anilines is 1. The normalized spacial score (nSPS) is 11.1. The molecule has 0 saturated heterocycles. The minimum atomic E-state index is -0.122. The van der Waals surface area contributed by atoms with Gasteiger partial charge in [0.15, 0.2) is 0 Å². The van der Waals surface area contributed by atoms with Gasteiger partial charge in [-0.2, -0.15) is 0 Å². The number of hydrogen-bond donors (Lipinski definition) is 1. The van der Waals surface area contributed by atoms with Crippen LogP contribution in [0, 0.1) is 6.92 Å². The van der Waals surface area contributed by atoms with Crippen molar-refractivity contribution in [3.63, 3.8) is 0 Å². The van der Waals surface area contributed by atoms with E-state index in [0.717, 1.165) is 37.8 Å². The average molecular weight is 428 g/mol. The lowest BCUT2D eigenvalue weighted by molar-refractivity contribution is -0.113. The Labute approximate surface area is 174 Å². The second-order valence-electron chi connectivity index (χ2n) is 5.95. The molecule has 0 fully saturated rings. The minimum Gasteiger partial charge on any atom is -0.300 e. The van der Waals surface area contributed by atoms with Crippen LogP contribution >= 0.6 is 34.4 Å². The highest BCUT2D eigenvalue weighted by atomic mass is 32.2. The lowest BCUT2D eigenvalue weighted by atomic mass is 10.0. The van der Waals surface area contributed by atoms with E-state index in [0.29, 0.717) is 5.13 Å². The van der Waals surface area contributed by atoms with Crippen molar-refractivity contribution < 1.29 is 4.79 Å². The third-order valence-corrected chi connectivity index (χ3v) is 7.03. The highest BCUT2D eigenvalue weighted by molar-refractivity contribution is 8.00. The second kappa shape index (κ2) is 8.34. The van der Waals surface area contributed by atoms with Crippen molar-refractivity contribution >= 4 is 55.7 Å². The molecule has 9 heteroatoms. The van der Waals surface area contributed by atoms with Gasteiger partial charge in [0.1, 0.15) is 21.2 Å². The number of carbonyl (C=O) groups excluding carboxylic acids is 1. The summed E-state index contributed by atoms with van der Waals surface area (Å²) in [4.78, 5) is 23.4. The number of amides is 1. The monoisotopic (exact) mass is 427 g/mol. The van der Waals surface area contributed by atoms with Crippen LogP contribution in [0.15, 0.2) is 41.7 Å². The van der Waals surface area contributed by atoms with E-state index in [1.807, 2.05) is 25.1 Å². The predicted molar refractivity (Wildman–Crippen MR) is 116 cm³/mol. The van der Waals surface area contributed by atoms with E-state index in [-0.39, 0.29) is 11.7 Å². The molecule has 0 radical (unpaired) electrons. The molecular weight excluding hydrogens is 410 g/mol. The summed E-state index contributed by atoms with van der Waals surface area (Å²) in [7, 11) is 0. The van der Waals surface area contributed by atoms with Crippen LogP contribution in [-0.2, 0) is 11.2 Å². The lowest BCUT2D eigenvalue weighted by Gasteiger charge is -2.06. The summed E-state index contributed by atoms with van der Waals surface area (Å²) >= 11 is 4.46. The fourth-order valence-electron chi connectivity index (χ4n) is 2.82. The molecule has 28 heavy (non-hydrogen) atoms. The molecule has 0 spiro atoms. The first-order valence-electron chi connectivity index (χ1n) is 8.70. The van der Waals surface area contributed by atoms with Crippen molar-refractivity contribution in [3.8, 4) is 11.1 Å². The molecule has 3 aromatic heterocycles. The Hall–Kier alpha value is -2.36. The maximum atomic E-state index is 12.3. The Morgan fingerprint density at radius 2 is 1.96 bits per heavy atom. The summed E-state index contributed by atoms with van der Waals surface area (Å²) in [5.41, 5.74) is 2.27. The minimum absolute atomic E-state index is 0.122. The molecule has 1 amide bonds. The number of hydrogen-bond acceptors (Lipinski definition) is 8. The van der Waals surface area contributed by atoms with E-state index in [2.05, 4.69) is 44.5 Å². The molecule has 0 aliphatic heterocycles. The van der Waals surface area contributed by atoms with Gasteiger partial charge >= 0.3 is 0 Å². The van der Waals surface area contributed by atoms with Gasteiger partial charge in [-0.3, -0.25) is 10.1 Å². The molecule has 0 bridgehead atoms. The number of aryl methyl sites for hydroxylation is 2. The fraction of sp³-hybridized carbons (Fsp3) is 0.211. The van der Waals surface area contributed by atoms with Crippen molar-refractivity contribution in [1.29, 1.82) is 0 Å². The molecular formula is C19H17N5OS3. The van der Waals surface area contributed by atoms with E-state index in [4.69, 9.17) is 0 Å². The van der Waals surface area contributed by atoms with Gasteiger partial charge in [-0.05, 0) is 18.9 Å². The Balaban J connectivity index is 1.58. The fourth-order valence-corrected chi connectivity index (χ4v) is 5.39. The molecule has 1 aromatic carbocycles. The van der Waals surface area contributed by atoms with Crippen LogP contribution in [0.3, 0.4) is 0 Å². The van der Waals surface area contributed by atoms with Gasteiger partial charge in [-0.15, -0.1) is 21.5 Å². The van der Waals surface area contributed by atoms with Crippen LogP contribution in [0.4, 0.5) is 5.13 Å². The maximum Gasteiger partial charge on any atom is 0.236 e. The second-order valence-corrected chi connectivity index (χ2v) is 9.18. The largest absolute Gasteiger partial charge is 0.300 e. The highest BCUT2D eigenvalue weighted by Crippen LogP contribution is 2.41. The molecule has 0 saturated carbocycles. The molecule has 0 atom stereocenters. The number of nitrogens with zero attached hydrogens (tertiary/aromatic N) is 4. The van der Waals surface area contributed by atoms with Gasteiger partial charge < -0.3 is 0 Å². The first kappa shape index (κ1) is 19.0. The molecule has 142 valence electrons. The quantitative estimate of drug-likeness (QED) is 0.351. The van der Waals surface area contributed by atoms with E-state index < -0.39 is 0 Å². The first-order valence-corrected chi connectivity index (χ1v) is 11.3. The van der Waals surface area contributed by atoms with E-state index in [1.54, 1.807) is 17.7 Å². The van der Waals surface area contributed by atoms with Gasteiger partial charge in [0.2, 0.25) is 11.0 Å². The zero-order chi connectivity index (χ0) is 19.5. The lowest BCUT2D eigenvalue weighted by Crippen LogP contribution is -2.14. The van der Waals surface area contributed by atoms with Crippen LogP contribution in [-0.4, -0.2) is 31.8 Å². The standard InChI is InChI=1S/C19H17N5OS3/c1-3-14-23-24-19(28-14)22-13(25)9-26-17-16-15(12-7-5-4-6-8-12)11(2)27-18(16)21-10-20-17/h4-8,10H,3,9H2,1-2H3,(H,22,24,25). The van der Waals surface area contributed by atoms with Crippen molar-refractivity contribution in [2.45, 2.75) is 25.3 Å². The van der Waals surface area contributed by atoms with Crippen LogP contribution in [0.25, 0.3) is 21.3 Å². The van der Waals surface area contributed by atoms with E-state index in [9.17, 15) is 4.79 Å². The third kappa shape index (κ3) is 3.91. The smallest absolute Gasteiger partial charge is 0.236 e. The summed E-state index contributed by atoms with van der Waals surface area (Å²) in [5, 5.41) is 14.1. The van der Waals surface area contributed by atoms with E-state index in [1.165, 1.54) is 28.0 Å². The number of fused-ring (bicyclic) bond motifs is 1. The number of benzene rings is 1. The zero-order valence-corrected chi connectivity index (χ0v) is 17.7. The van der Waals surface area contributed by atoms with E-state index >= 15 is 0 Å². The molecule has 1 N–H and O–H groups in total. The van der Waals surface area contributed by atoms with Gasteiger partial charge in [-0.25, -0.2) is 9.97 Å². The van der Waals surface area contributed by atoms with Gasteiger partial charge in [-0.1, -0.05) is 60.4 Å². The average Bonchev–Trinajstić information content (AvgIpc) is 3.30. The van der Waals surface area contributed by atoms with Crippen molar-refractivity contribution in [1.82, 2.24) is 20.2 Å². The molecule has 4 aromatic rings. The zero-order valence-electron chi connectivity index (χ0n) is 15.3. The van der Waals surface area contributed by atoms with Crippen molar-refractivity contribution in [2.75, 3.05) is 11.1 Å². The number of thiophene rings is 1. The van der Waals surface area contributed by atoms with Crippen molar-refractivity contribution in [3.05, 3.63) is 46.5 Å². The number of thioether (sulfide) groups is 1. The summed E-state index contributed by atoms with van der Waals surface area (Å²) in [6, 6.07) is 10.2.